The first kappa shape index (κ1) is 18.8. The SMILES string of the molecule is CCCC1CC1NC(=NC)NCc1coc(-c2ccccc2)n1.I. The van der Waals surface area contributed by atoms with Gasteiger partial charge in [0.25, 0.3) is 0 Å². The lowest BCUT2D eigenvalue weighted by atomic mass is 10.2. The highest BCUT2D eigenvalue weighted by atomic mass is 127. The maximum atomic E-state index is 5.55. The van der Waals surface area contributed by atoms with Crippen molar-refractivity contribution in [3.63, 3.8) is 0 Å². The van der Waals surface area contributed by atoms with Crippen LogP contribution in [0.3, 0.4) is 0 Å². The van der Waals surface area contributed by atoms with E-state index in [4.69, 9.17) is 4.42 Å². The molecule has 1 aliphatic rings. The fourth-order valence-electron chi connectivity index (χ4n) is 2.76. The summed E-state index contributed by atoms with van der Waals surface area (Å²) >= 11 is 0. The second-order valence-electron chi connectivity index (χ2n) is 5.97. The lowest BCUT2D eigenvalue weighted by Crippen LogP contribution is -2.38. The molecule has 1 saturated carbocycles. The number of aromatic nitrogens is 1. The number of rotatable bonds is 6. The molecule has 0 bridgehead atoms. The summed E-state index contributed by atoms with van der Waals surface area (Å²) in [6, 6.07) is 10.5. The molecule has 0 radical (unpaired) electrons. The zero-order chi connectivity index (χ0) is 16.1. The quantitative estimate of drug-likeness (QED) is 0.408. The Morgan fingerprint density at radius 1 is 1.33 bits per heavy atom. The molecule has 3 rings (SSSR count). The van der Waals surface area contributed by atoms with Gasteiger partial charge in [-0.3, -0.25) is 4.99 Å². The fourth-order valence-corrected chi connectivity index (χ4v) is 2.76. The highest BCUT2D eigenvalue weighted by molar-refractivity contribution is 14.0. The largest absolute Gasteiger partial charge is 0.444 e. The van der Waals surface area contributed by atoms with Gasteiger partial charge in [-0.05, 0) is 30.9 Å². The van der Waals surface area contributed by atoms with Gasteiger partial charge >= 0.3 is 0 Å². The molecule has 0 spiro atoms. The van der Waals surface area contributed by atoms with Crippen LogP contribution in [-0.4, -0.2) is 24.0 Å². The Morgan fingerprint density at radius 3 is 2.83 bits per heavy atom. The van der Waals surface area contributed by atoms with Crippen LogP contribution in [0.15, 0.2) is 46.0 Å². The van der Waals surface area contributed by atoms with Gasteiger partial charge in [-0.2, -0.15) is 0 Å². The van der Waals surface area contributed by atoms with E-state index in [1.165, 1.54) is 19.3 Å². The van der Waals surface area contributed by atoms with E-state index in [9.17, 15) is 0 Å². The first-order valence-corrected chi connectivity index (χ1v) is 8.27. The van der Waals surface area contributed by atoms with Gasteiger partial charge in [0.1, 0.15) is 6.26 Å². The number of benzene rings is 1. The number of nitrogens with zero attached hydrogens (tertiary/aromatic N) is 2. The van der Waals surface area contributed by atoms with Gasteiger partial charge in [-0.25, -0.2) is 4.98 Å². The van der Waals surface area contributed by atoms with Crippen molar-refractivity contribution in [1.82, 2.24) is 15.6 Å². The molecule has 2 aromatic rings. The Balaban J connectivity index is 0.00000208. The highest BCUT2D eigenvalue weighted by Gasteiger charge is 2.36. The third-order valence-corrected chi connectivity index (χ3v) is 4.14. The van der Waals surface area contributed by atoms with Crippen LogP contribution in [0.5, 0.6) is 0 Å². The normalized spacial score (nSPS) is 19.5. The molecule has 1 aliphatic carbocycles. The Kier molecular flexibility index (Phi) is 7.08. The first-order chi connectivity index (χ1) is 11.3. The van der Waals surface area contributed by atoms with E-state index in [-0.39, 0.29) is 24.0 Å². The number of nitrogens with one attached hydrogen (secondary N) is 2. The molecule has 2 unspecified atom stereocenters. The summed E-state index contributed by atoms with van der Waals surface area (Å²) in [6.45, 7) is 2.83. The summed E-state index contributed by atoms with van der Waals surface area (Å²) in [5, 5.41) is 6.77. The molecule has 2 N–H and O–H groups in total. The fraction of sp³-hybridized carbons (Fsp3) is 0.444. The zero-order valence-electron chi connectivity index (χ0n) is 14.2. The van der Waals surface area contributed by atoms with Gasteiger partial charge in [0.15, 0.2) is 5.96 Å². The molecule has 1 heterocycles. The third-order valence-electron chi connectivity index (χ3n) is 4.14. The summed E-state index contributed by atoms with van der Waals surface area (Å²) in [5.41, 5.74) is 1.86. The van der Waals surface area contributed by atoms with E-state index in [0.29, 0.717) is 18.5 Å². The van der Waals surface area contributed by atoms with Crippen LogP contribution in [0.1, 0.15) is 31.9 Å². The molecular weight excluding hydrogens is 415 g/mol. The van der Waals surface area contributed by atoms with E-state index in [2.05, 4.69) is 27.5 Å². The molecule has 1 aromatic carbocycles. The lowest BCUT2D eigenvalue weighted by Gasteiger charge is -2.10. The van der Waals surface area contributed by atoms with Crippen molar-refractivity contribution < 1.29 is 4.42 Å². The molecule has 6 heteroatoms. The van der Waals surface area contributed by atoms with E-state index in [0.717, 1.165) is 23.1 Å². The van der Waals surface area contributed by atoms with E-state index in [1.807, 2.05) is 30.3 Å². The molecule has 0 amide bonds. The number of guanidine groups is 1. The second-order valence-corrected chi connectivity index (χ2v) is 5.97. The summed E-state index contributed by atoms with van der Waals surface area (Å²) in [5.74, 6) is 2.28. The van der Waals surface area contributed by atoms with Gasteiger partial charge in [0.05, 0.1) is 12.2 Å². The minimum atomic E-state index is 0. The van der Waals surface area contributed by atoms with Crippen molar-refractivity contribution in [2.75, 3.05) is 7.05 Å². The second kappa shape index (κ2) is 9.05. The maximum absolute atomic E-state index is 5.55. The third kappa shape index (κ3) is 4.96. The van der Waals surface area contributed by atoms with Crippen LogP contribution >= 0.6 is 24.0 Å². The molecule has 130 valence electrons. The minimum Gasteiger partial charge on any atom is -0.444 e. The predicted octanol–water partition coefficient (Wildman–Crippen LogP) is 3.81. The zero-order valence-corrected chi connectivity index (χ0v) is 16.5. The average Bonchev–Trinajstić information content (AvgIpc) is 3.13. The van der Waals surface area contributed by atoms with Gasteiger partial charge in [0, 0.05) is 18.7 Å². The number of halogens is 1. The monoisotopic (exact) mass is 440 g/mol. The number of hydrogen-bond donors (Lipinski definition) is 2. The Labute approximate surface area is 160 Å². The molecule has 1 aromatic heterocycles. The summed E-state index contributed by atoms with van der Waals surface area (Å²) in [6.07, 6.45) is 5.48. The van der Waals surface area contributed by atoms with Gasteiger partial charge in [0.2, 0.25) is 5.89 Å². The van der Waals surface area contributed by atoms with Gasteiger partial charge in [-0.15, -0.1) is 24.0 Å². The van der Waals surface area contributed by atoms with E-state index >= 15 is 0 Å². The molecular formula is C18H25IN4O. The Bertz CT molecular complexity index is 656. The van der Waals surface area contributed by atoms with Gasteiger partial charge in [-0.1, -0.05) is 31.5 Å². The number of hydrogen-bond acceptors (Lipinski definition) is 3. The van der Waals surface area contributed by atoms with Crippen LogP contribution in [0.25, 0.3) is 11.5 Å². The molecule has 24 heavy (non-hydrogen) atoms. The Morgan fingerprint density at radius 2 is 2.12 bits per heavy atom. The number of aliphatic imine (C=N–C) groups is 1. The van der Waals surface area contributed by atoms with Crippen LogP contribution in [0.2, 0.25) is 0 Å². The van der Waals surface area contributed by atoms with E-state index < -0.39 is 0 Å². The topological polar surface area (TPSA) is 62.5 Å². The molecule has 5 nitrogen and oxygen atoms in total. The molecule has 1 fully saturated rings. The van der Waals surface area contributed by atoms with Crippen molar-refractivity contribution in [3.05, 3.63) is 42.3 Å². The summed E-state index contributed by atoms with van der Waals surface area (Å²) in [4.78, 5) is 8.79. The maximum Gasteiger partial charge on any atom is 0.226 e. The van der Waals surface area contributed by atoms with Crippen LogP contribution < -0.4 is 10.6 Å². The average molecular weight is 440 g/mol. The summed E-state index contributed by atoms with van der Waals surface area (Å²) in [7, 11) is 1.80. The highest BCUT2D eigenvalue weighted by Crippen LogP contribution is 2.34. The van der Waals surface area contributed by atoms with Crippen molar-refractivity contribution in [2.45, 2.75) is 38.8 Å². The predicted molar refractivity (Wildman–Crippen MR) is 107 cm³/mol. The van der Waals surface area contributed by atoms with Crippen molar-refractivity contribution in [1.29, 1.82) is 0 Å². The lowest BCUT2D eigenvalue weighted by molar-refractivity contribution is 0.572. The first-order valence-electron chi connectivity index (χ1n) is 8.27. The minimum absolute atomic E-state index is 0. The van der Waals surface area contributed by atoms with Crippen LogP contribution in [-0.2, 0) is 6.54 Å². The molecule has 0 aliphatic heterocycles. The van der Waals surface area contributed by atoms with Crippen LogP contribution in [0.4, 0.5) is 0 Å². The summed E-state index contributed by atoms with van der Waals surface area (Å²) < 4.78 is 5.55. The number of oxazole rings is 1. The van der Waals surface area contributed by atoms with Crippen molar-refractivity contribution in [2.24, 2.45) is 10.9 Å². The molecule has 2 atom stereocenters. The van der Waals surface area contributed by atoms with Crippen LogP contribution in [0, 0.1) is 5.92 Å². The van der Waals surface area contributed by atoms with E-state index in [1.54, 1.807) is 13.3 Å². The van der Waals surface area contributed by atoms with Crippen molar-refractivity contribution in [3.8, 4) is 11.5 Å². The molecule has 0 saturated heterocycles. The van der Waals surface area contributed by atoms with Gasteiger partial charge < -0.3 is 15.1 Å². The standard InChI is InChI=1S/C18H24N4O.HI/c1-3-7-14-10-16(14)22-18(19-2)20-11-15-12-23-17(21-15)13-8-5-4-6-9-13;/h4-6,8-9,12,14,16H,3,7,10-11H2,1-2H3,(H2,19,20,22);1H. The Hall–Kier alpha value is -1.57. The van der Waals surface area contributed by atoms with Crippen molar-refractivity contribution >= 4 is 29.9 Å². The smallest absolute Gasteiger partial charge is 0.226 e.